The lowest BCUT2D eigenvalue weighted by Gasteiger charge is -2.29. The Morgan fingerprint density at radius 2 is 2.00 bits per heavy atom. The number of fused-ring (bicyclic) bond motifs is 2. The zero-order chi connectivity index (χ0) is 11.6. The Morgan fingerprint density at radius 1 is 1.25 bits per heavy atom. The van der Waals surface area contributed by atoms with E-state index in [4.69, 9.17) is 9.47 Å². The van der Waals surface area contributed by atoms with Crippen molar-refractivity contribution < 1.29 is 14.3 Å². The molecule has 3 heteroatoms. The standard InChI is InChI=1S/C13H18O3/c1-12(2)6-9(14)11-8-4-5-15-13(8,3)16-10(11)7-12/h8H,4-7H2,1-3H3/t8-,13+/m1/s1. The number of rotatable bonds is 0. The maximum Gasteiger partial charge on any atom is 0.214 e. The average Bonchev–Trinajstić information content (AvgIpc) is 2.54. The van der Waals surface area contributed by atoms with Gasteiger partial charge < -0.3 is 9.47 Å². The van der Waals surface area contributed by atoms with Crippen LogP contribution in [-0.2, 0) is 14.3 Å². The molecular formula is C13H18O3. The van der Waals surface area contributed by atoms with Crippen molar-refractivity contribution in [2.45, 2.75) is 45.8 Å². The number of allylic oxidation sites excluding steroid dienone is 1. The first-order chi connectivity index (χ1) is 7.41. The summed E-state index contributed by atoms with van der Waals surface area (Å²) in [6.45, 7) is 6.91. The van der Waals surface area contributed by atoms with E-state index in [0.717, 1.165) is 24.2 Å². The molecule has 1 fully saturated rings. The zero-order valence-corrected chi connectivity index (χ0v) is 10.1. The van der Waals surface area contributed by atoms with Crippen LogP contribution in [0.15, 0.2) is 11.3 Å². The molecule has 0 N–H and O–H groups in total. The molecule has 16 heavy (non-hydrogen) atoms. The van der Waals surface area contributed by atoms with Crippen LogP contribution in [0.4, 0.5) is 0 Å². The van der Waals surface area contributed by atoms with Crippen LogP contribution < -0.4 is 0 Å². The summed E-state index contributed by atoms with van der Waals surface area (Å²) >= 11 is 0. The van der Waals surface area contributed by atoms with Crippen LogP contribution in [-0.4, -0.2) is 18.2 Å². The maximum absolute atomic E-state index is 12.2. The van der Waals surface area contributed by atoms with E-state index in [2.05, 4.69) is 13.8 Å². The second-order valence-electron chi connectivity index (χ2n) is 6.09. The van der Waals surface area contributed by atoms with Gasteiger partial charge in [-0.15, -0.1) is 0 Å². The van der Waals surface area contributed by atoms with Gasteiger partial charge in [-0.3, -0.25) is 4.79 Å². The molecular weight excluding hydrogens is 204 g/mol. The van der Waals surface area contributed by atoms with E-state index in [9.17, 15) is 4.79 Å². The molecule has 0 aromatic rings. The normalized spacial score (nSPS) is 40.7. The van der Waals surface area contributed by atoms with Gasteiger partial charge in [0.2, 0.25) is 5.79 Å². The predicted octanol–water partition coefficient (Wildman–Crippen LogP) is 2.41. The number of carbonyl (C=O) groups is 1. The monoisotopic (exact) mass is 222 g/mol. The number of hydrogen-bond donors (Lipinski definition) is 0. The number of ether oxygens (including phenoxy) is 2. The molecule has 0 saturated carbocycles. The first-order valence-corrected chi connectivity index (χ1v) is 6.00. The number of Topliss-reactive ketones (excluding diaryl/α,β-unsaturated/α-hetero) is 1. The SMILES string of the molecule is CC1(C)CC(=O)C2=C(C1)O[C@]1(C)OCC[C@H]21. The Hall–Kier alpha value is -0.830. The van der Waals surface area contributed by atoms with Gasteiger partial charge in [-0.2, -0.15) is 0 Å². The van der Waals surface area contributed by atoms with Crippen molar-refractivity contribution in [1.82, 2.24) is 0 Å². The largest absolute Gasteiger partial charge is 0.466 e. The van der Waals surface area contributed by atoms with E-state index in [-0.39, 0.29) is 17.1 Å². The van der Waals surface area contributed by atoms with Crippen molar-refractivity contribution in [3.63, 3.8) is 0 Å². The molecule has 88 valence electrons. The van der Waals surface area contributed by atoms with Crippen LogP contribution >= 0.6 is 0 Å². The minimum absolute atomic E-state index is 0.0327. The van der Waals surface area contributed by atoms with Crippen molar-refractivity contribution in [1.29, 1.82) is 0 Å². The molecule has 3 rings (SSSR count). The molecule has 3 nitrogen and oxygen atoms in total. The van der Waals surface area contributed by atoms with E-state index in [1.54, 1.807) is 0 Å². The number of hydrogen-bond acceptors (Lipinski definition) is 3. The third kappa shape index (κ3) is 1.27. The molecule has 2 heterocycles. The predicted molar refractivity (Wildman–Crippen MR) is 58.6 cm³/mol. The van der Waals surface area contributed by atoms with Crippen molar-refractivity contribution in [3.8, 4) is 0 Å². The quantitative estimate of drug-likeness (QED) is 0.631. The molecule has 2 aliphatic heterocycles. The molecule has 0 aromatic heterocycles. The highest BCUT2D eigenvalue weighted by Gasteiger charge is 2.55. The first-order valence-electron chi connectivity index (χ1n) is 6.00. The van der Waals surface area contributed by atoms with Crippen molar-refractivity contribution in [2.24, 2.45) is 11.3 Å². The summed E-state index contributed by atoms with van der Waals surface area (Å²) < 4.78 is 11.6. The van der Waals surface area contributed by atoms with Crippen LogP contribution in [0.3, 0.4) is 0 Å². The Bertz CT molecular complexity index is 394. The molecule has 0 bridgehead atoms. The van der Waals surface area contributed by atoms with Crippen molar-refractivity contribution >= 4 is 5.78 Å². The lowest BCUT2D eigenvalue weighted by atomic mass is 9.74. The second-order valence-corrected chi connectivity index (χ2v) is 6.09. The van der Waals surface area contributed by atoms with Gasteiger partial charge in [0.25, 0.3) is 0 Å². The smallest absolute Gasteiger partial charge is 0.214 e. The summed E-state index contributed by atoms with van der Waals surface area (Å²) in [4.78, 5) is 12.2. The Morgan fingerprint density at radius 3 is 2.75 bits per heavy atom. The summed E-state index contributed by atoms with van der Waals surface area (Å²) in [5.41, 5.74) is 0.963. The Kier molecular flexibility index (Phi) is 1.87. The van der Waals surface area contributed by atoms with Gasteiger partial charge in [0.15, 0.2) is 5.78 Å². The van der Waals surface area contributed by atoms with E-state index < -0.39 is 5.79 Å². The molecule has 1 aliphatic carbocycles. The maximum atomic E-state index is 12.2. The fourth-order valence-corrected chi connectivity index (χ4v) is 3.25. The summed E-state index contributed by atoms with van der Waals surface area (Å²) in [5, 5.41) is 0. The first kappa shape index (κ1) is 10.3. The fraction of sp³-hybridized carbons (Fsp3) is 0.769. The summed E-state index contributed by atoms with van der Waals surface area (Å²) in [5.74, 6) is 0.783. The number of carbonyl (C=O) groups excluding carboxylic acids is 1. The molecule has 0 unspecified atom stereocenters. The minimum Gasteiger partial charge on any atom is -0.466 e. The average molecular weight is 222 g/mol. The van der Waals surface area contributed by atoms with Crippen LogP contribution in [0.1, 0.15) is 40.0 Å². The summed E-state index contributed by atoms with van der Waals surface area (Å²) in [6, 6.07) is 0. The van der Waals surface area contributed by atoms with Crippen molar-refractivity contribution in [3.05, 3.63) is 11.3 Å². The van der Waals surface area contributed by atoms with Gasteiger partial charge >= 0.3 is 0 Å². The van der Waals surface area contributed by atoms with Gasteiger partial charge in [0.05, 0.1) is 12.5 Å². The zero-order valence-electron chi connectivity index (χ0n) is 10.1. The van der Waals surface area contributed by atoms with Crippen LogP contribution in [0, 0.1) is 11.3 Å². The molecule has 3 aliphatic rings. The highest BCUT2D eigenvalue weighted by molar-refractivity contribution is 5.98. The van der Waals surface area contributed by atoms with Gasteiger partial charge in [0.1, 0.15) is 5.76 Å². The molecule has 0 aromatic carbocycles. The molecule has 0 radical (unpaired) electrons. The topological polar surface area (TPSA) is 35.5 Å². The molecule has 0 amide bonds. The van der Waals surface area contributed by atoms with Gasteiger partial charge in [0, 0.05) is 25.3 Å². The third-order valence-electron chi connectivity index (χ3n) is 3.98. The third-order valence-corrected chi connectivity index (χ3v) is 3.98. The summed E-state index contributed by atoms with van der Waals surface area (Å²) in [7, 11) is 0. The Balaban J connectivity index is 2.01. The highest BCUT2D eigenvalue weighted by atomic mass is 16.7. The van der Waals surface area contributed by atoms with Crippen LogP contribution in [0.25, 0.3) is 0 Å². The van der Waals surface area contributed by atoms with Crippen molar-refractivity contribution in [2.75, 3.05) is 6.61 Å². The summed E-state index contributed by atoms with van der Waals surface area (Å²) in [6.07, 6.45) is 2.42. The fourth-order valence-electron chi connectivity index (χ4n) is 3.25. The minimum atomic E-state index is -0.555. The van der Waals surface area contributed by atoms with E-state index in [0.29, 0.717) is 13.0 Å². The van der Waals surface area contributed by atoms with Crippen LogP contribution in [0.2, 0.25) is 0 Å². The highest BCUT2D eigenvalue weighted by Crippen LogP contribution is 2.52. The molecule has 1 saturated heterocycles. The lowest BCUT2D eigenvalue weighted by molar-refractivity contribution is -0.175. The van der Waals surface area contributed by atoms with E-state index in [1.807, 2.05) is 6.92 Å². The second kappa shape index (κ2) is 2.89. The van der Waals surface area contributed by atoms with E-state index in [1.165, 1.54) is 0 Å². The lowest BCUT2D eigenvalue weighted by Crippen LogP contribution is -2.31. The van der Waals surface area contributed by atoms with Gasteiger partial charge in [-0.25, -0.2) is 0 Å². The van der Waals surface area contributed by atoms with Gasteiger partial charge in [-0.1, -0.05) is 13.8 Å². The Labute approximate surface area is 95.8 Å². The van der Waals surface area contributed by atoms with E-state index >= 15 is 0 Å². The van der Waals surface area contributed by atoms with Crippen LogP contribution in [0.5, 0.6) is 0 Å². The number of ketones is 1. The van der Waals surface area contributed by atoms with Gasteiger partial charge in [-0.05, 0) is 11.8 Å². The molecule has 0 spiro atoms. The molecule has 2 atom stereocenters.